The maximum atomic E-state index is 12.9. The van der Waals surface area contributed by atoms with Crippen LogP contribution in [0.3, 0.4) is 0 Å². The molecule has 124 valence electrons. The van der Waals surface area contributed by atoms with Crippen LogP contribution in [-0.2, 0) is 9.53 Å². The average Bonchev–Trinajstić information content (AvgIpc) is 3.30. The van der Waals surface area contributed by atoms with Crippen LogP contribution in [0.5, 0.6) is 0 Å². The molecule has 1 fully saturated rings. The number of carbonyl (C=O) groups excluding carboxylic acids is 2. The summed E-state index contributed by atoms with van der Waals surface area (Å²) >= 11 is 0. The van der Waals surface area contributed by atoms with E-state index in [0.717, 1.165) is 17.5 Å². The number of aryl methyl sites for hydroxylation is 2. The van der Waals surface area contributed by atoms with E-state index >= 15 is 0 Å². The molecule has 0 radical (unpaired) electrons. The molecule has 0 bridgehead atoms. The van der Waals surface area contributed by atoms with Gasteiger partial charge in [-0.3, -0.25) is 9.59 Å². The highest BCUT2D eigenvalue weighted by molar-refractivity contribution is 6.01. The third-order valence-electron chi connectivity index (χ3n) is 4.60. The molecule has 0 aromatic heterocycles. The first-order chi connectivity index (χ1) is 11.5. The lowest BCUT2D eigenvalue weighted by Crippen LogP contribution is -2.21. The molecule has 1 aliphatic rings. The van der Waals surface area contributed by atoms with Crippen molar-refractivity contribution in [2.75, 3.05) is 0 Å². The minimum atomic E-state index is -0.881. The van der Waals surface area contributed by atoms with E-state index in [0.29, 0.717) is 17.0 Å². The Morgan fingerprint density at radius 3 is 1.96 bits per heavy atom. The first-order valence-electron chi connectivity index (χ1n) is 8.33. The van der Waals surface area contributed by atoms with Gasteiger partial charge in [0, 0.05) is 11.1 Å². The van der Waals surface area contributed by atoms with E-state index in [9.17, 15) is 9.59 Å². The summed E-state index contributed by atoms with van der Waals surface area (Å²) in [5, 5.41) is 0. The van der Waals surface area contributed by atoms with Crippen LogP contribution >= 0.6 is 0 Å². The molecule has 24 heavy (non-hydrogen) atoms. The molecule has 0 aliphatic heterocycles. The first kappa shape index (κ1) is 16.4. The number of hydrogen-bond acceptors (Lipinski definition) is 3. The van der Waals surface area contributed by atoms with Gasteiger partial charge >= 0.3 is 5.97 Å². The second kappa shape index (κ2) is 6.60. The van der Waals surface area contributed by atoms with E-state index < -0.39 is 6.10 Å². The molecule has 2 aromatic carbocycles. The molecule has 0 spiro atoms. The summed E-state index contributed by atoms with van der Waals surface area (Å²) in [5.74, 6) is -0.163. The third-order valence-corrected chi connectivity index (χ3v) is 4.60. The fraction of sp³-hybridized carbons (Fsp3) is 0.333. The van der Waals surface area contributed by atoms with Gasteiger partial charge in [0.1, 0.15) is 0 Å². The van der Waals surface area contributed by atoms with Crippen LogP contribution in [0.2, 0.25) is 0 Å². The van der Waals surface area contributed by atoms with Crippen LogP contribution in [0.4, 0.5) is 0 Å². The maximum Gasteiger partial charge on any atom is 0.310 e. The number of hydrogen-bond donors (Lipinski definition) is 0. The first-order valence-corrected chi connectivity index (χ1v) is 8.33. The monoisotopic (exact) mass is 322 g/mol. The van der Waals surface area contributed by atoms with E-state index in [2.05, 4.69) is 0 Å². The van der Waals surface area contributed by atoms with E-state index in [1.165, 1.54) is 0 Å². The number of ether oxygens (including phenoxy) is 1. The van der Waals surface area contributed by atoms with E-state index in [-0.39, 0.29) is 17.7 Å². The molecule has 1 aliphatic carbocycles. The normalized spacial score (nSPS) is 20.3. The highest BCUT2D eigenvalue weighted by atomic mass is 16.5. The van der Waals surface area contributed by atoms with Crippen molar-refractivity contribution < 1.29 is 14.3 Å². The lowest BCUT2D eigenvalue weighted by atomic mass is 9.98. The van der Waals surface area contributed by atoms with Gasteiger partial charge < -0.3 is 4.74 Å². The topological polar surface area (TPSA) is 43.4 Å². The molecule has 2 aromatic rings. The van der Waals surface area contributed by atoms with E-state index in [4.69, 9.17) is 4.74 Å². The largest absolute Gasteiger partial charge is 0.449 e. The number of carbonyl (C=O) groups is 2. The fourth-order valence-electron chi connectivity index (χ4n) is 2.74. The lowest BCUT2D eigenvalue weighted by molar-refractivity contribution is -0.149. The summed E-state index contributed by atoms with van der Waals surface area (Å²) in [6.07, 6.45) is -0.0355. The zero-order chi connectivity index (χ0) is 17.3. The van der Waals surface area contributed by atoms with Gasteiger partial charge in [-0.15, -0.1) is 0 Å². The van der Waals surface area contributed by atoms with Crippen LogP contribution in [0, 0.1) is 25.7 Å². The molecule has 0 unspecified atom stereocenters. The fourth-order valence-corrected chi connectivity index (χ4v) is 2.74. The second-order valence-corrected chi connectivity index (χ2v) is 6.78. The number of ketones is 1. The van der Waals surface area contributed by atoms with Crippen molar-refractivity contribution in [1.82, 2.24) is 0 Å². The minimum Gasteiger partial charge on any atom is -0.449 e. The van der Waals surface area contributed by atoms with Crippen LogP contribution in [0.1, 0.15) is 46.5 Å². The predicted molar refractivity (Wildman–Crippen MR) is 92.8 cm³/mol. The highest BCUT2D eigenvalue weighted by Crippen LogP contribution is 2.40. The number of rotatable bonds is 5. The van der Waals surface area contributed by atoms with Crippen LogP contribution in [-0.4, -0.2) is 11.8 Å². The summed E-state index contributed by atoms with van der Waals surface area (Å²) in [6, 6.07) is 14.9. The van der Waals surface area contributed by atoms with Crippen molar-refractivity contribution in [3.05, 3.63) is 70.8 Å². The predicted octanol–water partition coefficient (Wildman–Crippen LogP) is 4.43. The van der Waals surface area contributed by atoms with E-state index in [1.54, 1.807) is 12.1 Å². The van der Waals surface area contributed by atoms with Crippen LogP contribution in [0.25, 0.3) is 0 Å². The highest BCUT2D eigenvalue weighted by Gasteiger charge is 2.42. The number of esters is 1. The van der Waals surface area contributed by atoms with Gasteiger partial charge in [-0.2, -0.15) is 0 Å². The molecule has 0 amide bonds. The Bertz CT molecular complexity index is 744. The Kier molecular flexibility index (Phi) is 4.52. The van der Waals surface area contributed by atoms with Gasteiger partial charge in [0.15, 0.2) is 6.10 Å². The maximum absolute atomic E-state index is 12.9. The van der Waals surface area contributed by atoms with Gasteiger partial charge in [-0.25, -0.2) is 0 Å². The molecule has 1 saturated carbocycles. The molecule has 3 rings (SSSR count). The quantitative estimate of drug-likeness (QED) is 0.604. The Hall–Kier alpha value is -2.42. The SMILES string of the molecule is Cc1ccc(C(=O)[C@@H](OC(=O)[C@@H]2C[C@@H]2C)c2ccc(C)cc2)cc1. The van der Waals surface area contributed by atoms with Crippen LogP contribution < -0.4 is 0 Å². The Morgan fingerprint density at radius 2 is 1.46 bits per heavy atom. The van der Waals surface area contributed by atoms with E-state index in [1.807, 2.05) is 57.2 Å². The summed E-state index contributed by atoms with van der Waals surface area (Å²) in [7, 11) is 0. The van der Waals surface area contributed by atoms with Crippen molar-refractivity contribution in [3.63, 3.8) is 0 Å². The Labute approximate surface area is 142 Å². The standard InChI is InChI=1S/C21H22O3/c1-13-4-8-16(9-5-13)19(22)20(17-10-6-14(2)7-11-17)24-21(23)18-12-15(18)3/h4-11,15,18,20H,12H2,1-3H3/t15-,18+,20-/m0/s1. The Balaban J connectivity index is 1.88. The van der Waals surface area contributed by atoms with Gasteiger partial charge in [-0.05, 0) is 26.2 Å². The number of benzene rings is 2. The lowest BCUT2D eigenvalue weighted by Gasteiger charge is -2.18. The molecule has 0 saturated heterocycles. The van der Waals surface area contributed by atoms with Crippen molar-refractivity contribution in [3.8, 4) is 0 Å². The smallest absolute Gasteiger partial charge is 0.310 e. The summed E-state index contributed by atoms with van der Waals surface area (Å²) in [5.41, 5.74) is 3.46. The van der Waals surface area contributed by atoms with Crippen molar-refractivity contribution in [2.24, 2.45) is 11.8 Å². The number of Topliss-reactive ketones (excluding diaryl/α,β-unsaturated/α-hetero) is 1. The summed E-state index contributed by atoms with van der Waals surface area (Å²) < 4.78 is 5.63. The van der Waals surface area contributed by atoms with Gasteiger partial charge in [-0.1, -0.05) is 66.6 Å². The average molecular weight is 322 g/mol. The zero-order valence-electron chi connectivity index (χ0n) is 14.3. The van der Waals surface area contributed by atoms with Crippen molar-refractivity contribution >= 4 is 11.8 Å². The minimum absolute atomic E-state index is 0.0660. The molecule has 0 N–H and O–H groups in total. The summed E-state index contributed by atoms with van der Waals surface area (Å²) in [4.78, 5) is 25.2. The molecule has 3 heteroatoms. The molecule has 0 heterocycles. The molecular weight excluding hydrogens is 300 g/mol. The molecule has 3 atom stereocenters. The van der Waals surface area contributed by atoms with Gasteiger partial charge in [0.05, 0.1) is 5.92 Å². The molecular formula is C21H22O3. The second-order valence-electron chi connectivity index (χ2n) is 6.78. The Morgan fingerprint density at radius 1 is 0.958 bits per heavy atom. The molecule has 3 nitrogen and oxygen atoms in total. The summed E-state index contributed by atoms with van der Waals surface area (Å²) in [6.45, 7) is 5.98. The van der Waals surface area contributed by atoms with Crippen molar-refractivity contribution in [1.29, 1.82) is 0 Å². The van der Waals surface area contributed by atoms with Gasteiger partial charge in [0.2, 0.25) is 5.78 Å². The van der Waals surface area contributed by atoms with Crippen molar-refractivity contribution in [2.45, 2.75) is 33.3 Å². The third kappa shape index (κ3) is 3.56. The zero-order valence-corrected chi connectivity index (χ0v) is 14.3. The van der Waals surface area contributed by atoms with Crippen LogP contribution in [0.15, 0.2) is 48.5 Å². The van der Waals surface area contributed by atoms with Gasteiger partial charge in [0.25, 0.3) is 0 Å².